The van der Waals surface area contributed by atoms with Crippen LogP contribution in [0.4, 0.5) is 0 Å². The van der Waals surface area contributed by atoms with Gasteiger partial charge in [-0.25, -0.2) is 0 Å². The molecule has 0 saturated heterocycles. The summed E-state index contributed by atoms with van der Waals surface area (Å²) in [4.78, 5) is 25.6. The molecule has 608 valence electrons. The van der Waals surface area contributed by atoms with Crippen molar-refractivity contribution in [3.05, 3.63) is 235 Å². The number of thiophene rings is 18. The van der Waals surface area contributed by atoms with Gasteiger partial charge in [0.05, 0.1) is 29.4 Å². The van der Waals surface area contributed by atoms with E-state index in [-0.39, 0.29) is 0 Å². The average Bonchev–Trinajstić information content (AvgIpc) is 1.68. The maximum Gasteiger partial charge on any atom is 0.137 e. The Morgan fingerprint density at radius 1 is 0.134 bits per heavy atom. The van der Waals surface area contributed by atoms with E-state index < -0.39 is 77.8 Å². The monoisotopic (exact) mass is 2040 g/mol. The molecule has 0 spiro atoms. The van der Waals surface area contributed by atoms with Crippen LogP contribution in [-0.4, -0.2) is 77.8 Å². The van der Waals surface area contributed by atoms with Crippen LogP contribution in [0.2, 0.25) is 124 Å². The van der Waals surface area contributed by atoms with Gasteiger partial charge < -0.3 is 0 Å². The molecule has 119 heavy (non-hydrogen) atoms. The third-order valence-electron chi connectivity index (χ3n) is 25.8. The fraction of sp³-hybridized carbons (Fsp3) is 0.209. The number of hydrogen-bond donors (Lipinski definition) is 0. The summed E-state index contributed by atoms with van der Waals surface area (Å²) in [6, 6.07) is 87.7. The first-order chi connectivity index (χ1) is 56.5. The van der Waals surface area contributed by atoms with Gasteiger partial charge in [-0.05, 0) is 193 Å². The van der Waals surface area contributed by atoms with Crippen LogP contribution < -0.4 is 67.5 Å². The predicted octanol–water partition coefficient (Wildman–Crippen LogP) is 26.2. The lowest BCUT2D eigenvalue weighted by atomic mass is 10.4. The molecule has 0 bridgehead atoms. The number of rotatable bonds is 27. The summed E-state index contributed by atoms with van der Waals surface area (Å²) in [5.41, 5.74) is 0. The van der Waals surface area contributed by atoms with Gasteiger partial charge in [0.15, 0.2) is 0 Å². The third kappa shape index (κ3) is 15.6. The molecule has 0 unspecified atom stereocenters. The van der Waals surface area contributed by atoms with Gasteiger partial charge in [0, 0.05) is 87.8 Å². The molecular formula is C91H96S18Si10. The fourth-order valence-electron chi connectivity index (χ4n) is 17.2. The summed E-state index contributed by atoms with van der Waals surface area (Å²) in [5.74, 6) is 0. The van der Waals surface area contributed by atoms with Crippen LogP contribution in [0.5, 0.6) is 0 Å². The van der Waals surface area contributed by atoms with Crippen molar-refractivity contribution in [2.24, 2.45) is 0 Å². The van der Waals surface area contributed by atoms with Crippen molar-refractivity contribution in [3.63, 3.8) is 0 Å². The van der Waals surface area contributed by atoms with Crippen molar-refractivity contribution in [2.45, 2.75) is 124 Å². The summed E-state index contributed by atoms with van der Waals surface area (Å²) in [7, 11) is -18.4. The minimum absolute atomic E-state index is 1.38. The van der Waals surface area contributed by atoms with Gasteiger partial charge in [-0.15, -0.1) is 204 Å². The largest absolute Gasteiger partial charge is 0.144 e. The Kier molecular flexibility index (Phi) is 23.9. The Morgan fingerprint density at radius 3 is 0.378 bits per heavy atom. The highest BCUT2D eigenvalue weighted by molar-refractivity contribution is 7.96. The zero-order valence-corrected chi connectivity index (χ0v) is 95.1. The Hall–Kier alpha value is -3.23. The lowest BCUT2D eigenvalue weighted by Crippen LogP contribution is -2.90. The second-order valence-corrected chi connectivity index (χ2v) is 125. The van der Waals surface area contributed by atoms with Gasteiger partial charge in [-0.1, -0.05) is 234 Å². The molecule has 0 fully saturated rings. The predicted molar refractivity (Wildman–Crippen MR) is 592 cm³/mol. The van der Waals surface area contributed by atoms with Crippen molar-refractivity contribution < 1.29 is 0 Å². The highest BCUT2D eigenvalue weighted by atomic mass is 32.2. The zero-order chi connectivity index (χ0) is 83.4. The molecular weight excluding hydrogens is 1950 g/mol. The zero-order valence-electron chi connectivity index (χ0n) is 70.4. The van der Waals surface area contributed by atoms with E-state index in [1.807, 2.05) is 102 Å². The molecule has 0 N–H and O–H groups in total. The van der Waals surface area contributed by atoms with Crippen LogP contribution >= 0.6 is 204 Å². The van der Waals surface area contributed by atoms with E-state index in [0.717, 1.165) is 0 Å². The van der Waals surface area contributed by atoms with E-state index in [9.17, 15) is 0 Å². The molecule has 18 aromatic heterocycles. The van der Waals surface area contributed by atoms with Crippen LogP contribution in [0.25, 0.3) is 87.8 Å². The lowest BCUT2D eigenvalue weighted by molar-refractivity contribution is 1.80. The van der Waals surface area contributed by atoms with Crippen LogP contribution in [0.1, 0.15) is 0 Å². The molecule has 0 radical (unpaired) electrons. The first-order valence-corrected chi connectivity index (χ1v) is 87.6. The highest BCUT2D eigenvalue weighted by Gasteiger charge is 2.66. The van der Waals surface area contributed by atoms with Gasteiger partial charge in [0.1, 0.15) is 48.4 Å². The van der Waals surface area contributed by atoms with Crippen molar-refractivity contribution >= 4 is 349 Å². The first-order valence-electron chi connectivity index (χ1n) is 40.2. The van der Waals surface area contributed by atoms with E-state index >= 15 is 0 Å². The third-order valence-corrected chi connectivity index (χ3v) is 160. The van der Waals surface area contributed by atoms with Gasteiger partial charge in [-0.2, -0.15) is 0 Å². The molecule has 0 atom stereocenters. The Balaban J connectivity index is 0.622. The van der Waals surface area contributed by atoms with Crippen molar-refractivity contribution in [1.82, 2.24) is 0 Å². The maximum atomic E-state index is 3.00. The maximum absolute atomic E-state index is 3.00. The molecule has 28 heteroatoms. The van der Waals surface area contributed by atoms with Gasteiger partial charge in [0.2, 0.25) is 0 Å². The van der Waals surface area contributed by atoms with E-state index in [1.54, 1.807) is 67.5 Å². The number of hydrogen-bond acceptors (Lipinski definition) is 18. The van der Waals surface area contributed by atoms with Crippen LogP contribution in [0, 0.1) is 0 Å². The molecule has 0 aliphatic heterocycles. The first kappa shape index (κ1) is 86.5. The normalized spacial score (nSPS) is 13.3. The Morgan fingerprint density at radius 2 is 0.252 bits per heavy atom. The second-order valence-electron chi connectivity index (χ2n) is 36.1. The molecule has 0 aromatic carbocycles. The smallest absolute Gasteiger partial charge is 0.137 e. The van der Waals surface area contributed by atoms with E-state index in [2.05, 4.69) is 461 Å². The summed E-state index contributed by atoms with van der Waals surface area (Å²) < 4.78 is 24.0. The molecule has 0 aliphatic rings. The molecule has 0 aliphatic carbocycles. The lowest BCUT2D eigenvalue weighted by Gasteiger charge is -2.57. The SMILES string of the molecule is C[Si](C)(c1ccc(-c2cccs2)s1)c1ccc(-c2ccc([Si](C)(C)c3ccc(-c4ccc([Si](C)(C)[Si](C)([Si](C)(C)c5ccc(-c6ccc([Si](C)(C)c7ccc(-c8ccc([Si](C)(C)c9ccc(-c%10cccs%10)s9)s8)s7)s6)s5)[Si](C)(C)c5ccc(-c6ccc([Si](C)(C)c7ccc(-c8ccc([Si](C)(C)c9ccc(-c%10cccs%10)s9)s8)s7)s6)s5)s4)s3)s2)s1. The minimum atomic E-state index is -2.31. The molecule has 0 nitrogen and oxygen atoms in total. The van der Waals surface area contributed by atoms with Gasteiger partial charge in [-0.3, -0.25) is 0 Å². The van der Waals surface area contributed by atoms with Gasteiger partial charge >= 0.3 is 0 Å². The van der Waals surface area contributed by atoms with Crippen LogP contribution in [0.3, 0.4) is 0 Å². The molecule has 18 aromatic rings. The molecule has 0 saturated carbocycles. The Labute approximate surface area is 785 Å². The van der Waals surface area contributed by atoms with Gasteiger partial charge in [0.25, 0.3) is 0 Å². The summed E-state index contributed by atoms with van der Waals surface area (Å²) in [5, 5.41) is 6.59. The summed E-state index contributed by atoms with van der Waals surface area (Å²) in [6.07, 6.45) is 0. The quantitative estimate of drug-likeness (QED) is 0.0450. The topological polar surface area (TPSA) is 0 Å². The standard InChI is InChI=1S/C91H96S18Si10/c1-110(2,77-41-26-62(95-77)59-23-20-56-92-59)80-44-29-65(98-80)68-32-47-83(101-68)113(7,8)86-50-35-71(104-86)74-38-53-89(107-74)116(13,14)119(19,117(15,16)90-54-39-75(108-90)72-36-51-87(105-72)114(9,10)84-48-33-69(102-84)66-30-45-81(99-66)111(3,4)78-42-27-63(96-78)60-24-21-57-93-60)118(17,18)91-55-40-76(109-91)73-37-52-88(106-73)115(11,12)85-49-34-70(103-85)67-31-46-82(100-67)112(5,6)79-43-28-64(97-79)61-25-22-58-94-61/h20-58H,1-19H3. The minimum Gasteiger partial charge on any atom is -0.144 e. The van der Waals surface area contributed by atoms with E-state index in [4.69, 9.17) is 0 Å². The van der Waals surface area contributed by atoms with Crippen LogP contribution in [0.15, 0.2) is 235 Å². The van der Waals surface area contributed by atoms with Crippen molar-refractivity contribution in [2.75, 3.05) is 0 Å². The second kappa shape index (κ2) is 32.8. The Bertz CT molecular complexity index is 5990. The summed E-state index contributed by atoms with van der Waals surface area (Å²) in [6.45, 7) is 48.8. The van der Waals surface area contributed by atoms with Crippen molar-refractivity contribution in [3.8, 4) is 87.8 Å². The highest BCUT2D eigenvalue weighted by Crippen LogP contribution is 2.45. The van der Waals surface area contributed by atoms with E-state index in [0.29, 0.717) is 0 Å². The average molecular weight is 2050 g/mol. The van der Waals surface area contributed by atoms with E-state index in [1.165, 1.54) is 87.8 Å². The summed E-state index contributed by atoms with van der Waals surface area (Å²) >= 11 is 36.7. The molecule has 0 amide bonds. The molecule has 18 rings (SSSR count). The van der Waals surface area contributed by atoms with Crippen molar-refractivity contribution in [1.29, 1.82) is 0 Å². The van der Waals surface area contributed by atoms with Crippen LogP contribution in [-0.2, 0) is 0 Å². The fourth-order valence-corrected chi connectivity index (χ4v) is 153. The molecule has 18 heterocycles.